The standard InChI is InChI=1S/C23H26N/c1-17-11-9-10-14-20(17)22-15-18(2)21(16-24(22)23(3,4)5)19-12-7-6-8-13-19/h6-16H,1-5H3/q+1. The summed E-state index contributed by atoms with van der Waals surface area (Å²) in [5.74, 6) is 0. The minimum absolute atomic E-state index is 0.00877. The third-order valence-corrected chi connectivity index (χ3v) is 4.52. The molecule has 3 rings (SSSR count). The fourth-order valence-corrected chi connectivity index (χ4v) is 3.20. The van der Waals surface area contributed by atoms with E-state index >= 15 is 0 Å². The molecule has 0 bridgehead atoms. The Balaban J connectivity index is 2.28. The topological polar surface area (TPSA) is 3.88 Å². The van der Waals surface area contributed by atoms with Crippen LogP contribution in [0.5, 0.6) is 0 Å². The van der Waals surface area contributed by atoms with E-state index in [0.717, 1.165) is 0 Å². The molecule has 1 heterocycles. The monoisotopic (exact) mass is 316 g/mol. The zero-order valence-electron chi connectivity index (χ0n) is 15.3. The molecule has 24 heavy (non-hydrogen) atoms. The Hall–Kier alpha value is -2.41. The maximum Gasteiger partial charge on any atom is 0.213 e. The molecule has 1 aromatic heterocycles. The van der Waals surface area contributed by atoms with Gasteiger partial charge >= 0.3 is 0 Å². The van der Waals surface area contributed by atoms with Crippen LogP contribution in [0.3, 0.4) is 0 Å². The molecular weight excluding hydrogens is 290 g/mol. The summed E-state index contributed by atoms with van der Waals surface area (Å²) < 4.78 is 2.41. The van der Waals surface area contributed by atoms with Crippen LogP contribution < -0.4 is 4.57 Å². The highest BCUT2D eigenvalue weighted by Gasteiger charge is 2.29. The Bertz CT molecular complexity index is 855. The molecule has 0 fully saturated rings. The molecule has 0 atom stereocenters. The van der Waals surface area contributed by atoms with Gasteiger partial charge in [-0.2, -0.15) is 4.57 Å². The lowest BCUT2D eigenvalue weighted by atomic mass is 9.96. The van der Waals surface area contributed by atoms with Crippen molar-refractivity contribution in [3.05, 3.63) is 78.0 Å². The zero-order chi connectivity index (χ0) is 17.3. The van der Waals surface area contributed by atoms with Crippen LogP contribution in [0.15, 0.2) is 66.9 Å². The summed E-state index contributed by atoms with van der Waals surface area (Å²) in [6.07, 6.45) is 2.31. The number of benzene rings is 2. The molecule has 0 saturated heterocycles. The van der Waals surface area contributed by atoms with Gasteiger partial charge in [0.15, 0.2) is 11.7 Å². The summed E-state index contributed by atoms with van der Waals surface area (Å²) in [7, 11) is 0. The van der Waals surface area contributed by atoms with Gasteiger partial charge in [0.05, 0.1) is 0 Å². The SMILES string of the molecule is Cc1cc(-c2ccccc2C)[n+](C(C)(C)C)cc1-c1ccccc1. The molecule has 0 aliphatic heterocycles. The average molecular weight is 316 g/mol. The third kappa shape index (κ3) is 3.12. The lowest BCUT2D eigenvalue weighted by molar-refractivity contribution is -0.743. The minimum Gasteiger partial charge on any atom is -0.193 e. The first-order valence-corrected chi connectivity index (χ1v) is 8.56. The molecule has 0 aliphatic carbocycles. The van der Waals surface area contributed by atoms with Gasteiger partial charge in [-0.3, -0.25) is 0 Å². The van der Waals surface area contributed by atoms with Gasteiger partial charge in [-0.25, -0.2) is 0 Å². The van der Waals surface area contributed by atoms with E-state index in [2.05, 4.69) is 106 Å². The summed E-state index contributed by atoms with van der Waals surface area (Å²) in [6.45, 7) is 11.2. The Morgan fingerprint density at radius 3 is 1.96 bits per heavy atom. The van der Waals surface area contributed by atoms with Gasteiger partial charge in [0.2, 0.25) is 5.69 Å². The molecule has 0 N–H and O–H groups in total. The normalized spacial score (nSPS) is 11.5. The van der Waals surface area contributed by atoms with Crippen LogP contribution in [0.25, 0.3) is 22.4 Å². The van der Waals surface area contributed by atoms with Crippen LogP contribution >= 0.6 is 0 Å². The summed E-state index contributed by atoms with van der Waals surface area (Å²) in [5.41, 5.74) is 7.76. The van der Waals surface area contributed by atoms with Crippen LogP contribution in [0.4, 0.5) is 0 Å². The van der Waals surface area contributed by atoms with Crippen LogP contribution in [-0.2, 0) is 5.54 Å². The highest BCUT2D eigenvalue weighted by molar-refractivity contribution is 5.69. The van der Waals surface area contributed by atoms with E-state index in [4.69, 9.17) is 0 Å². The third-order valence-electron chi connectivity index (χ3n) is 4.52. The van der Waals surface area contributed by atoms with E-state index in [0.29, 0.717) is 0 Å². The smallest absolute Gasteiger partial charge is 0.193 e. The summed E-state index contributed by atoms with van der Waals surface area (Å²) >= 11 is 0. The van der Waals surface area contributed by atoms with Crippen molar-refractivity contribution in [1.82, 2.24) is 0 Å². The fourth-order valence-electron chi connectivity index (χ4n) is 3.20. The molecule has 3 aromatic rings. The second-order valence-electron chi connectivity index (χ2n) is 7.48. The first-order valence-electron chi connectivity index (χ1n) is 8.56. The molecule has 0 radical (unpaired) electrons. The highest BCUT2D eigenvalue weighted by Crippen LogP contribution is 2.28. The molecule has 1 nitrogen and oxygen atoms in total. The number of nitrogens with zero attached hydrogens (tertiary/aromatic N) is 1. The van der Waals surface area contributed by atoms with Crippen LogP contribution in [0, 0.1) is 13.8 Å². The van der Waals surface area contributed by atoms with E-state index in [1.165, 1.54) is 33.5 Å². The molecule has 2 aromatic carbocycles. The molecule has 0 amide bonds. The lowest BCUT2D eigenvalue weighted by Crippen LogP contribution is -2.51. The van der Waals surface area contributed by atoms with Gasteiger partial charge < -0.3 is 0 Å². The molecule has 0 unspecified atom stereocenters. The summed E-state index contributed by atoms with van der Waals surface area (Å²) in [6, 6.07) is 21.6. The number of aromatic nitrogens is 1. The van der Waals surface area contributed by atoms with Crippen LogP contribution in [0.2, 0.25) is 0 Å². The van der Waals surface area contributed by atoms with E-state index in [1.807, 2.05) is 0 Å². The Morgan fingerprint density at radius 2 is 1.33 bits per heavy atom. The molecule has 1 heteroatoms. The van der Waals surface area contributed by atoms with E-state index in [-0.39, 0.29) is 5.54 Å². The number of hydrogen-bond donors (Lipinski definition) is 0. The van der Waals surface area contributed by atoms with Crippen LogP contribution in [-0.4, -0.2) is 0 Å². The number of hydrogen-bond acceptors (Lipinski definition) is 0. The van der Waals surface area contributed by atoms with E-state index < -0.39 is 0 Å². The van der Waals surface area contributed by atoms with Gasteiger partial charge in [-0.05, 0) is 36.6 Å². The molecule has 122 valence electrons. The van der Waals surface area contributed by atoms with Gasteiger partial charge in [0, 0.05) is 38.0 Å². The van der Waals surface area contributed by atoms with Gasteiger partial charge in [-0.1, -0.05) is 48.5 Å². The molecule has 0 spiro atoms. The maximum atomic E-state index is 2.41. The van der Waals surface area contributed by atoms with Crippen LogP contribution in [0.1, 0.15) is 31.9 Å². The predicted octanol–water partition coefficient (Wildman–Crippen LogP) is 5.68. The van der Waals surface area contributed by atoms with Gasteiger partial charge in [0.25, 0.3) is 0 Å². The maximum absolute atomic E-state index is 2.41. The number of rotatable bonds is 2. The quantitative estimate of drug-likeness (QED) is 0.535. The number of pyridine rings is 1. The van der Waals surface area contributed by atoms with Crippen molar-refractivity contribution in [1.29, 1.82) is 0 Å². The second-order valence-corrected chi connectivity index (χ2v) is 7.48. The predicted molar refractivity (Wildman–Crippen MR) is 102 cm³/mol. The van der Waals surface area contributed by atoms with Gasteiger partial charge in [-0.15, -0.1) is 0 Å². The summed E-state index contributed by atoms with van der Waals surface area (Å²) in [5, 5.41) is 0. The average Bonchev–Trinajstić information content (AvgIpc) is 2.55. The first-order chi connectivity index (χ1) is 11.4. The highest BCUT2D eigenvalue weighted by atomic mass is 15.0. The molecule has 0 saturated carbocycles. The minimum atomic E-state index is 0.00877. The van der Waals surface area contributed by atoms with E-state index in [1.54, 1.807) is 0 Å². The summed E-state index contributed by atoms with van der Waals surface area (Å²) in [4.78, 5) is 0. The van der Waals surface area contributed by atoms with Gasteiger partial charge in [0.1, 0.15) is 0 Å². The van der Waals surface area contributed by atoms with Crippen molar-refractivity contribution < 1.29 is 4.57 Å². The van der Waals surface area contributed by atoms with Crippen molar-refractivity contribution >= 4 is 0 Å². The van der Waals surface area contributed by atoms with Crippen molar-refractivity contribution in [2.24, 2.45) is 0 Å². The zero-order valence-corrected chi connectivity index (χ0v) is 15.3. The molecular formula is C23H26N+. The van der Waals surface area contributed by atoms with Crippen molar-refractivity contribution in [2.75, 3.05) is 0 Å². The second kappa shape index (κ2) is 6.24. The van der Waals surface area contributed by atoms with Crippen molar-refractivity contribution in [2.45, 2.75) is 40.2 Å². The Morgan fingerprint density at radius 1 is 0.708 bits per heavy atom. The Labute approximate surface area is 145 Å². The molecule has 0 aliphatic rings. The largest absolute Gasteiger partial charge is 0.213 e. The lowest BCUT2D eigenvalue weighted by Gasteiger charge is -2.20. The Kier molecular flexibility index (Phi) is 4.28. The van der Waals surface area contributed by atoms with E-state index in [9.17, 15) is 0 Å². The fraction of sp³-hybridized carbons (Fsp3) is 0.261. The van der Waals surface area contributed by atoms with Crippen molar-refractivity contribution in [3.63, 3.8) is 0 Å². The van der Waals surface area contributed by atoms with Crippen molar-refractivity contribution in [3.8, 4) is 22.4 Å². The first kappa shape index (κ1) is 16.4. The number of aryl methyl sites for hydroxylation is 2.